The van der Waals surface area contributed by atoms with E-state index in [1.807, 2.05) is 0 Å². The van der Waals surface area contributed by atoms with Gasteiger partial charge in [0.1, 0.15) is 11.6 Å². The predicted molar refractivity (Wildman–Crippen MR) is 108 cm³/mol. The van der Waals surface area contributed by atoms with Gasteiger partial charge in [0.2, 0.25) is 0 Å². The van der Waals surface area contributed by atoms with Gasteiger partial charge in [0.15, 0.2) is 0 Å². The van der Waals surface area contributed by atoms with E-state index in [2.05, 4.69) is 49.9 Å². The fourth-order valence-electron chi connectivity index (χ4n) is 5.11. The van der Waals surface area contributed by atoms with Gasteiger partial charge in [-0.25, -0.2) is 9.97 Å². The standard InChI is InChI=1S/C23H31N3/c1-4-6-16-26(5-2)22-19-11-9-14-23(21(19)24-17(3)25-22)15-13-18-10-7-8-12-20(18)23/h7-8,10,12H,4-6,9,11,13-16H2,1-3H3. The molecule has 0 saturated carbocycles. The SMILES string of the molecule is CCCCN(CC)c1nc(C)nc2c1CCCC21CCc2ccccc21. The highest BCUT2D eigenvalue weighted by atomic mass is 15.2. The Morgan fingerprint density at radius 3 is 2.73 bits per heavy atom. The number of anilines is 1. The number of hydrogen-bond acceptors (Lipinski definition) is 3. The second-order valence-electron chi connectivity index (χ2n) is 7.95. The van der Waals surface area contributed by atoms with Gasteiger partial charge in [0, 0.05) is 24.1 Å². The van der Waals surface area contributed by atoms with E-state index in [9.17, 15) is 0 Å². The van der Waals surface area contributed by atoms with Gasteiger partial charge < -0.3 is 4.90 Å². The van der Waals surface area contributed by atoms with E-state index in [-0.39, 0.29) is 5.41 Å². The molecule has 3 nitrogen and oxygen atoms in total. The summed E-state index contributed by atoms with van der Waals surface area (Å²) in [5.41, 5.74) is 5.94. The molecule has 138 valence electrons. The van der Waals surface area contributed by atoms with Crippen LogP contribution in [0.4, 0.5) is 5.82 Å². The molecule has 2 aliphatic rings. The van der Waals surface area contributed by atoms with Gasteiger partial charge in [-0.2, -0.15) is 0 Å². The van der Waals surface area contributed by atoms with Gasteiger partial charge in [0.25, 0.3) is 0 Å². The van der Waals surface area contributed by atoms with Crippen molar-refractivity contribution in [1.82, 2.24) is 9.97 Å². The van der Waals surface area contributed by atoms with Crippen LogP contribution in [0, 0.1) is 6.92 Å². The van der Waals surface area contributed by atoms with Crippen molar-refractivity contribution in [3.05, 3.63) is 52.5 Å². The summed E-state index contributed by atoms with van der Waals surface area (Å²) in [6.07, 6.45) is 8.43. The van der Waals surface area contributed by atoms with E-state index in [1.165, 1.54) is 66.7 Å². The molecule has 0 bridgehead atoms. The molecule has 1 heterocycles. The Morgan fingerprint density at radius 2 is 1.92 bits per heavy atom. The number of benzene rings is 1. The molecule has 0 fully saturated rings. The van der Waals surface area contributed by atoms with E-state index in [0.29, 0.717) is 0 Å². The van der Waals surface area contributed by atoms with Crippen molar-refractivity contribution in [2.75, 3.05) is 18.0 Å². The number of rotatable bonds is 5. The molecule has 0 saturated heterocycles. The Hall–Kier alpha value is -1.90. The number of aromatic nitrogens is 2. The van der Waals surface area contributed by atoms with Gasteiger partial charge in [-0.3, -0.25) is 0 Å². The third kappa shape index (κ3) is 2.72. The second-order valence-corrected chi connectivity index (χ2v) is 7.95. The first kappa shape index (κ1) is 17.5. The highest BCUT2D eigenvalue weighted by Gasteiger charge is 2.45. The molecule has 1 aromatic heterocycles. The average molecular weight is 350 g/mol. The highest BCUT2D eigenvalue weighted by molar-refractivity contribution is 5.57. The first-order valence-corrected chi connectivity index (χ1v) is 10.4. The van der Waals surface area contributed by atoms with E-state index in [4.69, 9.17) is 9.97 Å². The van der Waals surface area contributed by atoms with Crippen molar-refractivity contribution >= 4 is 5.82 Å². The summed E-state index contributed by atoms with van der Waals surface area (Å²) in [6.45, 7) is 8.70. The van der Waals surface area contributed by atoms with Gasteiger partial charge in [-0.1, -0.05) is 37.6 Å². The van der Waals surface area contributed by atoms with Crippen molar-refractivity contribution in [1.29, 1.82) is 0 Å². The minimum absolute atomic E-state index is 0.122. The molecular formula is C23H31N3. The molecule has 1 aromatic carbocycles. The lowest BCUT2D eigenvalue weighted by atomic mass is 9.69. The maximum Gasteiger partial charge on any atom is 0.135 e. The minimum atomic E-state index is 0.122. The number of nitrogens with zero attached hydrogens (tertiary/aromatic N) is 3. The Balaban J connectivity index is 1.85. The maximum absolute atomic E-state index is 5.07. The van der Waals surface area contributed by atoms with Gasteiger partial charge in [0.05, 0.1) is 5.69 Å². The lowest BCUT2D eigenvalue weighted by Gasteiger charge is -2.38. The molecule has 1 atom stereocenters. The maximum atomic E-state index is 5.07. The molecule has 1 spiro atoms. The van der Waals surface area contributed by atoms with Crippen LogP contribution in [-0.4, -0.2) is 23.1 Å². The van der Waals surface area contributed by atoms with Crippen LogP contribution in [0.1, 0.15) is 74.2 Å². The molecular weight excluding hydrogens is 318 g/mol. The van der Waals surface area contributed by atoms with Crippen molar-refractivity contribution in [3.63, 3.8) is 0 Å². The third-order valence-electron chi connectivity index (χ3n) is 6.40. The largest absolute Gasteiger partial charge is 0.357 e. The normalized spacial score (nSPS) is 20.9. The first-order chi connectivity index (χ1) is 12.7. The lowest BCUT2D eigenvalue weighted by Crippen LogP contribution is -2.35. The number of aryl methyl sites for hydroxylation is 2. The Labute approximate surface area is 157 Å². The smallest absolute Gasteiger partial charge is 0.135 e. The van der Waals surface area contributed by atoms with Crippen LogP contribution in [0.2, 0.25) is 0 Å². The minimum Gasteiger partial charge on any atom is -0.357 e. The van der Waals surface area contributed by atoms with Crippen LogP contribution in [0.5, 0.6) is 0 Å². The Kier molecular flexibility index (Phi) is 4.73. The van der Waals surface area contributed by atoms with Crippen LogP contribution in [0.15, 0.2) is 24.3 Å². The molecule has 1 unspecified atom stereocenters. The van der Waals surface area contributed by atoms with Crippen molar-refractivity contribution < 1.29 is 0 Å². The molecule has 0 amide bonds. The van der Waals surface area contributed by atoms with Crippen LogP contribution in [-0.2, 0) is 18.3 Å². The summed E-state index contributed by atoms with van der Waals surface area (Å²) in [7, 11) is 0. The molecule has 3 heteroatoms. The number of fused-ring (bicyclic) bond motifs is 4. The zero-order valence-electron chi connectivity index (χ0n) is 16.5. The molecule has 2 aromatic rings. The summed E-state index contributed by atoms with van der Waals surface area (Å²) in [6, 6.07) is 9.05. The zero-order valence-corrected chi connectivity index (χ0v) is 16.5. The molecule has 0 radical (unpaired) electrons. The second kappa shape index (κ2) is 7.02. The van der Waals surface area contributed by atoms with Gasteiger partial charge >= 0.3 is 0 Å². The molecule has 2 aliphatic carbocycles. The van der Waals surface area contributed by atoms with Crippen LogP contribution in [0.25, 0.3) is 0 Å². The zero-order chi connectivity index (χ0) is 18.1. The van der Waals surface area contributed by atoms with E-state index in [1.54, 1.807) is 0 Å². The van der Waals surface area contributed by atoms with Crippen molar-refractivity contribution in [3.8, 4) is 0 Å². The van der Waals surface area contributed by atoms with E-state index >= 15 is 0 Å². The quantitative estimate of drug-likeness (QED) is 0.762. The molecule has 26 heavy (non-hydrogen) atoms. The average Bonchev–Trinajstić information content (AvgIpc) is 3.03. The Morgan fingerprint density at radius 1 is 1.08 bits per heavy atom. The monoisotopic (exact) mass is 349 g/mol. The summed E-state index contributed by atoms with van der Waals surface area (Å²) < 4.78 is 0. The lowest BCUT2D eigenvalue weighted by molar-refractivity contribution is 0.409. The van der Waals surface area contributed by atoms with Crippen molar-refractivity contribution in [2.24, 2.45) is 0 Å². The van der Waals surface area contributed by atoms with Gasteiger partial charge in [-0.05, 0) is 63.5 Å². The van der Waals surface area contributed by atoms with Gasteiger partial charge in [-0.15, -0.1) is 0 Å². The van der Waals surface area contributed by atoms with E-state index < -0.39 is 0 Å². The summed E-state index contributed by atoms with van der Waals surface area (Å²) in [5, 5.41) is 0. The van der Waals surface area contributed by atoms with Crippen LogP contribution in [0.3, 0.4) is 0 Å². The van der Waals surface area contributed by atoms with Crippen molar-refractivity contribution in [2.45, 2.75) is 71.1 Å². The summed E-state index contributed by atoms with van der Waals surface area (Å²) in [4.78, 5) is 12.5. The fraction of sp³-hybridized carbons (Fsp3) is 0.565. The predicted octanol–water partition coefficient (Wildman–Crippen LogP) is 4.98. The number of unbranched alkanes of at least 4 members (excludes halogenated alkanes) is 1. The first-order valence-electron chi connectivity index (χ1n) is 10.4. The van der Waals surface area contributed by atoms with E-state index in [0.717, 1.165) is 25.3 Å². The summed E-state index contributed by atoms with van der Waals surface area (Å²) >= 11 is 0. The topological polar surface area (TPSA) is 29.0 Å². The Bertz CT molecular complexity index is 798. The van der Waals surface area contributed by atoms with Crippen LogP contribution < -0.4 is 4.90 Å². The molecule has 4 rings (SSSR count). The third-order valence-corrected chi connectivity index (χ3v) is 6.40. The molecule has 0 aliphatic heterocycles. The van der Waals surface area contributed by atoms with Crippen LogP contribution >= 0.6 is 0 Å². The highest BCUT2D eigenvalue weighted by Crippen LogP contribution is 2.51. The fourth-order valence-corrected chi connectivity index (χ4v) is 5.11. The molecule has 0 N–H and O–H groups in total. The number of hydrogen-bond donors (Lipinski definition) is 0. The summed E-state index contributed by atoms with van der Waals surface area (Å²) in [5.74, 6) is 2.14.